The van der Waals surface area contributed by atoms with Gasteiger partial charge in [-0.1, -0.05) is 26.7 Å². The third-order valence-corrected chi connectivity index (χ3v) is 6.30. The van der Waals surface area contributed by atoms with Gasteiger partial charge in [-0.2, -0.15) is 0 Å². The molecule has 0 spiro atoms. The lowest BCUT2D eigenvalue weighted by Crippen LogP contribution is -2.48. The molecule has 5 nitrogen and oxygen atoms in total. The quantitative estimate of drug-likeness (QED) is 0.554. The van der Waals surface area contributed by atoms with Crippen LogP contribution in [-0.2, 0) is 0 Å². The first-order valence-corrected chi connectivity index (χ1v) is 11.3. The normalized spacial score (nSPS) is 23.4. The second-order valence-electron chi connectivity index (χ2n) is 8.47. The van der Waals surface area contributed by atoms with E-state index < -0.39 is 17.5 Å². The number of nitrogens with one attached hydrogen (secondary N) is 1. The van der Waals surface area contributed by atoms with Crippen molar-refractivity contribution >= 4 is 5.91 Å². The molecular weight excluding hydrogens is 390 g/mol. The van der Waals surface area contributed by atoms with Gasteiger partial charge < -0.3 is 19.7 Å². The van der Waals surface area contributed by atoms with E-state index in [2.05, 4.69) is 17.3 Å². The van der Waals surface area contributed by atoms with Gasteiger partial charge in [-0.25, -0.2) is 8.78 Å². The van der Waals surface area contributed by atoms with Crippen LogP contribution >= 0.6 is 0 Å². The highest BCUT2D eigenvalue weighted by Crippen LogP contribution is 2.37. The van der Waals surface area contributed by atoms with Gasteiger partial charge >= 0.3 is 0 Å². The van der Waals surface area contributed by atoms with Crippen molar-refractivity contribution in [2.24, 2.45) is 0 Å². The Morgan fingerprint density at radius 2 is 1.63 bits per heavy atom. The summed E-state index contributed by atoms with van der Waals surface area (Å²) in [5.41, 5.74) is -0.326. The van der Waals surface area contributed by atoms with Crippen molar-refractivity contribution in [1.82, 2.24) is 10.2 Å². The molecule has 1 aromatic rings. The number of ether oxygens (including phenoxy) is 2. The van der Waals surface area contributed by atoms with Gasteiger partial charge in [-0.15, -0.1) is 0 Å². The first-order valence-electron chi connectivity index (χ1n) is 11.3. The van der Waals surface area contributed by atoms with Crippen LogP contribution in [0.1, 0.15) is 75.6 Å². The molecule has 30 heavy (non-hydrogen) atoms. The largest absolute Gasteiger partial charge is 0.487 e. The molecule has 7 heteroatoms. The first-order chi connectivity index (χ1) is 14.5. The number of fused-ring (bicyclic) bond motifs is 2. The maximum Gasteiger partial charge on any atom is 0.254 e. The maximum absolute atomic E-state index is 15.2. The van der Waals surface area contributed by atoms with Gasteiger partial charge in [-0.05, 0) is 51.6 Å². The molecule has 2 fully saturated rings. The van der Waals surface area contributed by atoms with E-state index in [9.17, 15) is 9.18 Å². The summed E-state index contributed by atoms with van der Waals surface area (Å²) in [6, 6.07) is 1.79. The zero-order chi connectivity index (χ0) is 21.7. The highest BCUT2D eigenvalue weighted by molar-refractivity contribution is 5.95. The van der Waals surface area contributed by atoms with Crippen LogP contribution in [0.5, 0.6) is 11.5 Å². The maximum atomic E-state index is 15.2. The Labute approximate surface area is 178 Å². The highest BCUT2D eigenvalue weighted by atomic mass is 19.1. The van der Waals surface area contributed by atoms with Gasteiger partial charge in [0, 0.05) is 18.1 Å². The zero-order valence-electron chi connectivity index (χ0n) is 18.3. The number of benzene rings is 1. The Morgan fingerprint density at radius 1 is 1.07 bits per heavy atom. The first kappa shape index (κ1) is 22.8. The highest BCUT2D eigenvalue weighted by Gasteiger charge is 2.39. The van der Waals surface area contributed by atoms with Crippen molar-refractivity contribution in [3.05, 3.63) is 23.3 Å². The van der Waals surface area contributed by atoms with Crippen LogP contribution in [0.3, 0.4) is 0 Å². The fraction of sp³-hybridized carbons (Fsp3) is 0.696. The average molecular weight is 425 g/mol. The molecule has 0 radical (unpaired) electrons. The van der Waals surface area contributed by atoms with E-state index in [1.165, 1.54) is 0 Å². The van der Waals surface area contributed by atoms with Crippen LogP contribution < -0.4 is 14.8 Å². The van der Waals surface area contributed by atoms with Crippen LogP contribution in [0.15, 0.2) is 6.07 Å². The Bertz CT molecular complexity index is 730. The van der Waals surface area contributed by atoms with E-state index in [4.69, 9.17) is 9.47 Å². The fourth-order valence-electron chi connectivity index (χ4n) is 4.44. The molecular formula is C23H34F2N2O3. The predicted octanol–water partition coefficient (Wildman–Crippen LogP) is 4.68. The molecule has 2 aliphatic heterocycles. The van der Waals surface area contributed by atoms with Crippen LogP contribution in [0.4, 0.5) is 8.78 Å². The number of halogens is 2. The van der Waals surface area contributed by atoms with E-state index in [1.54, 1.807) is 0 Å². The lowest BCUT2D eigenvalue weighted by atomic mass is 9.97. The summed E-state index contributed by atoms with van der Waals surface area (Å²) in [7, 11) is 2.12. The molecule has 168 valence electrons. The van der Waals surface area contributed by atoms with Crippen molar-refractivity contribution < 1.29 is 23.0 Å². The number of hydrogen-bond donors (Lipinski definition) is 1. The smallest absolute Gasteiger partial charge is 0.254 e. The van der Waals surface area contributed by atoms with E-state index in [0.29, 0.717) is 18.5 Å². The van der Waals surface area contributed by atoms with Crippen molar-refractivity contribution in [1.29, 1.82) is 0 Å². The van der Waals surface area contributed by atoms with Gasteiger partial charge in [0.15, 0.2) is 17.4 Å². The third kappa shape index (κ3) is 5.05. The Kier molecular flexibility index (Phi) is 7.92. The topological polar surface area (TPSA) is 50.8 Å². The summed E-state index contributed by atoms with van der Waals surface area (Å²) in [6.45, 7) is 4.47. The van der Waals surface area contributed by atoms with E-state index in [1.807, 2.05) is 13.8 Å². The second kappa shape index (κ2) is 10.4. The number of carbonyl (C=O) groups excluding carboxylic acids is 1. The summed E-state index contributed by atoms with van der Waals surface area (Å²) >= 11 is 0. The Morgan fingerprint density at radius 3 is 2.20 bits per heavy atom. The SMILES string of the molecule is CCCCOc1c(F)cc(C(=O)NC2C[C@H]3CC[C@@H](C2)N3C)c(F)c1OCCCC. The molecule has 3 atom stereocenters. The second-order valence-corrected chi connectivity index (χ2v) is 8.47. The molecule has 2 saturated heterocycles. The van der Waals surface area contributed by atoms with Gasteiger partial charge in [-0.3, -0.25) is 4.79 Å². The van der Waals surface area contributed by atoms with Crippen molar-refractivity contribution in [3.8, 4) is 11.5 Å². The van der Waals surface area contributed by atoms with Crippen molar-refractivity contribution in [2.75, 3.05) is 20.3 Å². The summed E-state index contributed by atoms with van der Waals surface area (Å²) < 4.78 is 41.0. The minimum Gasteiger partial charge on any atom is -0.487 e. The van der Waals surface area contributed by atoms with E-state index in [-0.39, 0.29) is 36.3 Å². The van der Waals surface area contributed by atoms with Gasteiger partial charge in [0.25, 0.3) is 5.91 Å². The minimum atomic E-state index is -0.854. The van der Waals surface area contributed by atoms with Crippen LogP contribution in [-0.4, -0.2) is 49.2 Å². The molecule has 2 aliphatic rings. The Balaban J connectivity index is 1.78. The third-order valence-electron chi connectivity index (χ3n) is 6.30. The number of carbonyl (C=O) groups is 1. The number of piperidine rings is 1. The van der Waals surface area contributed by atoms with Crippen molar-refractivity contribution in [3.63, 3.8) is 0 Å². The van der Waals surface area contributed by atoms with Gasteiger partial charge in [0.1, 0.15) is 0 Å². The number of amides is 1. The molecule has 2 heterocycles. The average Bonchev–Trinajstić information content (AvgIpc) is 2.92. The summed E-state index contributed by atoms with van der Waals surface area (Å²) in [6.07, 6.45) is 7.05. The summed E-state index contributed by atoms with van der Waals surface area (Å²) in [5.74, 6) is -2.76. The molecule has 1 N–H and O–H groups in total. The molecule has 1 aromatic carbocycles. The van der Waals surface area contributed by atoms with Gasteiger partial charge in [0.05, 0.1) is 18.8 Å². The van der Waals surface area contributed by atoms with Crippen LogP contribution in [0.25, 0.3) is 0 Å². The molecule has 2 bridgehead atoms. The zero-order valence-corrected chi connectivity index (χ0v) is 18.3. The molecule has 3 rings (SSSR count). The number of unbranched alkanes of at least 4 members (excludes halogenated alkanes) is 2. The van der Waals surface area contributed by atoms with E-state index in [0.717, 1.165) is 51.0 Å². The minimum absolute atomic E-state index is 0.0291. The Hall–Kier alpha value is -1.89. The number of rotatable bonds is 10. The molecule has 0 saturated carbocycles. The molecule has 1 amide bonds. The molecule has 1 unspecified atom stereocenters. The molecule has 0 aliphatic carbocycles. The monoisotopic (exact) mass is 424 g/mol. The summed E-state index contributed by atoms with van der Waals surface area (Å²) in [4.78, 5) is 15.2. The standard InChI is InChI=1S/C23H34F2N2O3/c1-4-6-10-29-21-19(24)14-18(20(25)22(21)30-11-7-5-2)23(28)26-15-12-16-8-9-17(13-15)27(16)3/h14-17H,4-13H2,1-3H3,(H,26,28)/t15?,16-,17+. The lowest BCUT2D eigenvalue weighted by Gasteiger charge is -2.36. The lowest BCUT2D eigenvalue weighted by molar-refractivity contribution is 0.0876. The van der Waals surface area contributed by atoms with Crippen LogP contribution in [0.2, 0.25) is 0 Å². The fourth-order valence-corrected chi connectivity index (χ4v) is 4.44. The number of hydrogen-bond acceptors (Lipinski definition) is 4. The molecule has 0 aromatic heterocycles. The predicted molar refractivity (Wildman–Crippen MR) is 112 cm³/mol. The van der Waals surface area contributed by atoms with Crippen molar-refractivity contribution in [2.45, 2.75) is 83.3 Å². The number of nitrogens with zero attached hydrogens (tertiary/aromatic N) is 1. The summed E-state index contributed by atoms with van der Waals surface area (Å²) in [5, 5.41) is 2.92. The van der Waals surface area contributed by atoms with Gasteiger partial charge in [0.2, 0.25) is 5.75 Å². The van der Waals surface area contributed by atoms with E-state index >= 15 is 4.39 Å². The van der Waals surface area contributed by atoms with Crippen LogP contribution in [0, 0.1) is 11.6 Å².